The predicted molar refractivity (Wildman–Crippen MR) is 82.8 cm³/mol. The molecule has 1 heterocycles. The van der Waals surface area contributed by atoms with Crippen LogP contribution in [0.15, 0.2) is 24.3 Å². The number of nitrogens with two attached hydrogens (primary N) is 1. The summed E-state index contributed by atoms with van der Waals surface area (Å²) in [6.07, 6.45) is 0. The van der Waals surface area contributed by atoms with Gasteiger partial charge < -0.3 is 10.5 Å². The van der Waals surface area contributed by atoms with Crippen LogP contribution in [0.3, 0.4) is 0 Å². The summed E-state index contributed by atoms with van der Waals surface area (Å²) in [5, 5.41) is 0. The van der Waals surface area contributed by atoms with Crippen LogP contribution in [0.1, 0.15) is 18.5 Å². The topological polar surface area (TPSA) is 58.8 Å². The lowest BCUT2D eigenvalue weighted by Crippen LogP contribution is -2.50. The Balaban J connectivity index is 1.94. The third-order valence-corrected chi connectivity index (χ3v) is 3.98. The highest BCUT2D eigenvalue weighted by Crippen LogP contribution is 2.22. The number of hydrogen-bond donors (Lipinski definition) is 1. The maximum atomic E-state index is 13.0. The summed E-state index contributed by atoms with van der Waals surface area (Å²) in [5.74, 6) is -0.706. The number of amides is 1. The second-order valence-electron chi connectivity index (χ2n) is 5.43. The minimum Gasteiger partial charge on any atom is -0.380 e. The molecule has 0 radical (unpaired) electrons. The van der Waals surface area contributed by atoms with Crippen molar-refractivity contribution in [2.45, 2.75) is 13.0 Å². The molecule has 1 atom stereocenters. The van der Waals surface area contributed by atoms with E-state index in [0.717, 1.165) is 51.5 Å². The van der Waals surface area contributed by atoms with Crippen molar-refractivity contribution in [1.29, 1.82) is 0 Å². The zero-order valence-corrected chi connectivity index (χ0v) is 13.0. The lowest BCUT2D eigenvalue weighted by molar-refractivity contribution is -0.124. The van der Waals surface area contributed by atoms with E-state index < -0.39 is 11.9 Å². The third kappa shape index (κ3) is 4.50. The number of nitrogens with zero attached hydrogens (tertiary/aromatic N) is 2. The van der Waals surface area contributed by atoms with Crippen LogP contribution in [-0.4, -0.2) is 61.6 Å². The molecular formula is C16H24FN3O2. The Hall–Kier alpha value is -1.50. The summed E-state index contributed by atoms with van der Waals surface area (Å²) in [7, 11) is 0. The van der Waals surface area contributed by atoms with Crippen molar-refractivity contribution in [2.24, 2.45) is 5.73 Å². The number of carbonyl (C=O) groups excluding carboxylic acids is 1. The summed E-state index contributed by atoms with van der Waals surface area (Å²) >= 11 is 0. The van der Waals surface area contributed by atoms with Crippen LogP contribution in [0.25, 0.3) is 0 Å². The highest BCUT2D eigenvalue weighted by molar-refractivity contribution is 5.81. The summed E-state index contributed by atoms with van der Waals surface area (Å²) in [6.45, 7) is 7.61. The smallest absolute Gasteiger partial charge is 0.239 e. The molecule has 0 aliphatic carbocycles. The monoisotopic (exact) mass is 309 g/mol. The van der Waals surface area contributed by atoms with Crippen LogP contribution < -0.4 is 5.73 Å². The predicted octanol–water partition coefficient (Wildman–Crippen LogP) is 1.01. The van der Waals surface area contributed by atoms with E-state index in [-0.39, 0.29) is 5.82 Å². The number of piperazine rings is 1. The summed E-state index contributed by atoms with van der Waals surface area (Å²) < 4.78 is 18.4. The summed E-state index contributed by atoms with van der Waals surface area (Å²) in [5.41, 5.74) is 6.31. The molecule has 5 nitrogen and oxygen atoms in total. The molecule has 6 heteroatoms. The fraction of sp³-hybridized carbons (Fsp3) is 0.562. The molecule has 1 unspecified atom stereocenters. The highest BCUT2D eigenvalue weighted by atomic mass is 19.1. The quantitative estimate of drug-likeness (QED) is 0.764. The molecule has 0 saturated carbocycles. The summed E-state index contributed by atoms with van der Waals surface area (Å²) in [6, 6.07) is 5.50. The van der Waals surface area contributed by atoms with E-state index >= 15 is 0 Å². The number of halogens is 1. The van der Waals surface area contributed by atoms with Crippen molar-refractivity contribution in [1.82, 2.24) is 9.80 Å². The average molecular weight is 309 g/mol. The third-order valence-electron chi connectivity index (χ3n) is 3.98. The van der Waals surface area contributed by atoms with Gasteiger partial charge in [-0.1, -0.05) is 12.1 Å². The van der Waals surface area contributed by atoms with E-state index in [9.17, 15) is 9.18 Å². The lowest BCUT2D eigenvalue weighted by Gasteiger charge is -2.38. The SMILES string of the molecule is CCOCCN1CCN(C(C(N)=O)c2ccc(F)cc2)CC1. The highest BCUT2D eigenvalue weighted by Gasteiger charge is 2.28. The maximum Gasteiger partial charge on any atom is 0.239 e. The first-order valence-electron chi connectivity index (χ1n) is 7.70. The molecule has 1 aliphatic heterocycles. The Kier molecular flexibility index (Phi) is 6.30. The minimum absolute atomic E-state index is 0.312. The average Bonchev–Trinajstić information content (AvgIpc) is 2.51. The molecule has 0 spiro atoms. The van der Waals surface area contributed by atoms with Gasteiger partial charge in [0.1, 0.15) is 11.9 Å². The lowest BCUT2D eigenvalue weighted by atomic mass is 10.0. The van der Waals surface area contributed by atoms with Crippen molar-refractivity contribution in [3.63, 3.8) is 0 Å². The molecule has 1 aromatic carbocycles. The molecule has 0 bridgehead atoms. The van der Waals surface area contributed by atoms with Gasteiger partial charge in [-0.15, -0.1) is 0 Å². The van der Waals surface area contributed by atoms with Gasteiger partial charge >= 0.3 is 0 Å². The first-order valence-corrected chi connectivity index (χ1v) is 7.70. The number of hydrogen-bond acceptors (Lipinski definition) is 4. The van der Waals surface area contributed by atoms with Crippen molar-refractivity contribution in [2.75, 3.05) is 45.9 Å². The molecule has 1 saturated heterocycles. The van der Waals surface area contributed by atoms with Crippen LogP contribution >= 0.6 is 0 Å². The molecule has 22 heavy (non-hydrogen) atoms. The number of rotatable bonds is 7. The second kappa shape index (κ2) is 8.22. The maximum absolute atomic E-state index is 13.0. The Morgan fingerprint density at radius 1 is 1.27 bits per heavy atom. The number of benzene rings is 1. The fourth-order valence-electron chi connectivity index (χ4n) is 2.78. The van der Waals surface area contributed by atoms with Crippen LogP contribution in [0.4, 0.5) is 4.39 Å². The fourth-order valence-corrected chi connectivity index (χ4v) is 2.78. The largest absolute Gasteiger partial charge is 0.380 e. The van der Waals surface area contributed by atoms with Gasteiger partial charge in [-0.05, 0) is 24.6 Å². The molecule has 1 amide bonds. The van der Waals surface area contributed by atoms with Gasteiger partial charge in [0, 0.05) is 39.3 Å². The van der Waals surface area contributed by atoms with Crippen molar-refractivity contribution >= 4 is 5.91 Å². The molecule has 2 N–H and O–H groups in total. The molecule has 2 rings (SSSR count). The molecule has 1 aromatic rings. The zero-order valence-electron chi connectivity index (χ0n) is 13.0. The Morgan fingerprint density at radius 2 is 1.91 bits per heavy atom. The van der Waals surface area contributed by atoms with E-state index in [1.807, 2.05) is 6.92 Å². The van der Waals surface area contributed by atoms with Gasteiger partial charge in [-0.3, -0.25) is 14.6 Å². The number of ether oxygens (including phenoxy) is 1. The van der Waals surface area contributed by atoms with Crippen LogP contribution in [0.2, 0.25) is 0 Å². The zero-order chi connectivity index (χ0) is 15.9. The molecule has 122 valence electrons. The van der Waals surface area contributed by atoms with Crippen LogP contribution in [0, 0.1) is 5.82 Å². The van der Waals surface area contributed by atoms with E-state index in [1.165, 1.54) is 12.1 Å². The van der Waals surface area contributed by atoms with E-state index in [1.54, 1.807) is 12.1 Å². The van der Waals surface area contributed by atoms with E-state index in [2.05, 4.69) is 9.80 Å². The van der Waals surface area contributed by atoms with Gasteiger partial charge in [0.05, 0.1) is 6.61 Å². The Bertz CT molecular complexity index is 473. The van der Waals surface area contributed by atoms with Crippen molar-refractivity contribution in [3.05, 3.63) is 35.6 Å². The van der Waals surface area contributed by atoms with Crippen LogP contribution in [-0.2, 0) is 9.53 Å². The first-order chi connectivity index (χ1) is 10.6. The van der Waals surface area contributed by atoms with Gasteiger partial charge in [0.15, 0.2) is 0 Å². The van der Waals surface area contributed by atoms with Gasteiger partial charge in [0.25, 0.3) is 0 Å². The molecule has 1 fully saturated rings. The standard InChI is InChI=1S/C16H24FN3O2/c1-2-22-12-11-19-7-9-20(10-8-19)15(16(18)21)13-3-5-14(17)6-4-13/h3-6,15H,2,7-12H2,1H3,(H2,18,21). The van der Waals surface area contributed by atoms with Crippen molar-refractivity contribution in [3.8, 4) is 0 Å². The summed E-state index contributed by atoms with van der Waals surface area (Å²) in [4.78, 5) is 16.2. The second-order valence-corrected chi connectivity index (χ2v) is 5.43. The van der Waals surface area contributed by atoms with Crippen LogP contribution in [0.5, 0.6) is 0 Å². The molecular weight excluding hydrogens is 285 g/mol. The normalized spacial score (nSPS) is 18.3. The van der Waals surface area contributed by atoms with E-state index in [4.69, 9.17) is 10.5 Å². The number of carbonyl (C=O) groups is 1. The number of primary amides is 1. The van der Waals surface area contributed by atoms with E-state index in [0.29, 0.717) is 0 Å². The van der Waals surface area contributed by atoms with Gasteiger partial charge in [0.2, 0.25) is 5.91 Å². The Morgan fingerprint density at radius 3 is 2.45 bits per heavy atom. The minimum atomic E-state index is -0.491. The van der Waals surface area contributed by atoms with Gasteiger partial charge in [-0.2, -0.15) is 0 Å². The Labute approximate surface area is 130 Å². The molecule has 1 aliphatic rings. The first kappa shape index (κ1) is 16.9. The molecule has 0 aromatic heterocycles. The van der Waals surface area contributed by atoms with Crippen molar-refractivity contribution < 1.29 is 13.9 Å². The van der Waals surface area contributed by atoms with Gasteiger partial charge in [-0.25, -0.2) is 4.39 Å².